The van der Waals surface area contributed by atoms with Gasteiger partial charge in [-0.2, -0.15) is 0 Å². The molecule has 0 bridgehead atoms. The number of methoxy groups -OCH3 is 2. The number of ether oxygens (including phenoxy) is 2. The van der Waals surface area contributed by atoms with Crippen LogP contribution in [0.3, 0.4) is 0 Å². The van der Waals surface area contributed by atoms with E-state index in [0.717, 1.165) is 17.0 Å². The molecule has 3 rings (SSSR count). The normalized spacial score (nSPS) is 11.9. The maximum Gasteiger partial charge on any atom is 0.145 e. The summed E-state index contributed by atoms with van der Waals surface area (Å²) in [7, 11) is 5.20. The zero-order chi connectivity index (χ0) is 18.7. The van der Waals surface area contributed by atoms with E-state index in [0.29, 0.717) is 22.3 Å². The van der Waals surface area contributed by atoms with Gasteiger partial charge in [-0.3, -0.25) is 0 Å². The van der Waals surface area contributed by atoms with Crippen molar-refractivity contribution in [1.29, 1.82) is 0 Å². The number of pyridine rings is 1. The van der Waals surface area contributed by atoms with E-state index in [1.54, 1.807) is 26.6 Å². The fourth-order valence-corrected chi connectivity index (χ4v) is 2.89. The second-order valence-corrected chi connectivity index (χ2v) is 6.29. The van der Waals surface area contributed by atoms with E-state index >= 15 is 0 Å². The Hall–Kier alpha value is -2.73. The molecule has 0 saturated carbocycles. The molecule has 0 amide bonds. The Kier molecular flexibility index (Phi) is 5.32. The summed E-state index contributed by atoms with van der Waals surface area (Å²) < 4.78 is 12.8. The highest BCUT2D eigenvalue weighted by Crippen LogP contribution is 2.33. The lowest BCUT2D eigenvalue weighted by molar-refractivity contribution is 0.393. The van der Waals surface area contributed by atoms with Gasteiger partial charge in [-0.25, -0.2) is 9.97 Å². The topological polar surface area (TPSA) is 61.2 Å². The Bertz CT molecular complexity index is 888. The Balaban J connectivity index is 2.10. The molecular weight excluding hydrogens is 352 g/mol. The zero-order valence-electron chi connectivity index (χ0n) is 15.2. The molecule has 26 heavy (non-hydrogen) atoms. The Morgan fingerprint density at radius 1 is 1.08 bits per heavy atom. The van der Waals surface area contributed by atoms with E-state index in [4.69, 9.17) is 21.1 Å². The number of nitrogens with one attached hydrogen (secondary N) is 1. The molecule has 0 radical (unpaired) electrons. The van der Waals surface area contributed by atoms with Crippen LogP contribution in [0, 0.1) is 6.92 Å². The lowest BCUT2D eigenvalue weighted by Gasteiger charge is -2.22. The van der Waals surface area contributed by atoms with Crippen LogP contribution in [0.5, 0.6) is 11.5 Å². The molecule has 1 atom stereocenters. The van der Waals surface area contributed by atoms with Crippen molar-refractivity contribution < 1.29 is 9.47 Å². The fourth-order valence-electron chi connectivity index (χ4n) is 2.73. The monoisotopic (exact) mass is 372 g/mol. The summed E-state index contributed by atoms with van der Waals surface area (Å²) >= 11 is 6.44. The van der Waals surface area contributed by atoms with Crippen LogP contribution in [-0.4, -0.2) is 28.8 Å². The second-order valence-electron chi connectivity index (χ2n) is 5.91. The van der Waals surface area contributed by atoms with Crippen LogP contribution in [0.2, 0.25) is 5.02 Å². The minimum absolute atomic E-state index is 0.286. The predicted octanol–water partition coefficient (Wildman–Crippen LogP) is 4.00. The summed E-state index contributed by atoms with van der Waals surface area (Å²) in [4.78, 5) is 8.89. The number of aromatic nitrogens is 3. The molecule has 2 aromatic heterocycles. The molecule has 0 aliphatic carbocycles. The summed E-state index contributed by atoms with van der Waals surface area (Å²) in [5.41, 5.74) is 1.88. The minimum Gasteiger partial charge on any atom is -0.497 e. The number of halogens is 1. The smallest absolute Gasteiger partial charge is 0.145 e. The molecule has 1 N–H and O–H groups in total. The molecule has 0 aliphatic rings. The first kappa shape index (κ1) is 18.1. The lowest BCUT2D eigenvalue weighted by Crippen LogP contribution is -2.18. The van der Waals surface area contributed by atoms with Crippen LogP contribution >= 0.6 is 11.6 Å². The Labute approximate surface area is 157 Å². The number of hydrogen-bond acceptors (Lipinski definition) is 5. The van der Waals surface area contributed by atoms with Crippen molar-refractivity contribution in [3.8, 4) is 11.5 Å². The molecule has 0 spiro atoms. The molecule has 0 saturated heterocycles. The number of rotatable bonds is 6. The zero-order valence-corrected chi connectivity index (χ0v) is 15.9. The van der Waals surface area contributed by atoms with Gasteiger partial charge in [-0.1, -0.05) is 11.6 Å². The third-order valence-electron chi connectivity index (χ3n) is 4.19. The highest BCUT2D eigenvalue weighted by Gasteiger charge is 2.22. The van der Waals surface area contributed by atoms with Crippen molar-refractivity contribution in [3.05, 3.63) is 64.8 Å². The molecule has 2 heterocycles. The number of aryl methyl sites for hydroxylation is 2. The maximum absolute atomic E-state index is 6.44. The van der Waals surface area contributed by atoms with E-state index < -0.39 is 0 Å². The maximum atomic E-state index is 6.44. The highest BCUT2D eigenvalue weighted by molar-refractivity contribution is 6.33. The number of nitrogens with zero attached hydrogens (tertiary/aromatic N) is 3. The molecular formula is C19H21ClN4O2. The summed E-state index contributed by atoms with van der Waals surface area (Å²) in [6.07, 6.45) is 5.38. The molecule has 1 aromatic carbocycles. The molecule has 0 unspecified atom stereocenters. The molecule has 0 aliphatic heterocycles. The molecule has 3 aromatic rings. The molecule has 7 heteroatoms. The van der Waals surface area contributed by atoms with Crippen LogP contribution in [0.15, 0.2) is 42.9 Å². The van der Waals surface area contributed by atoms with E-state index in [1.165, 1.54) is 0 Å². The third-order valence-corrected chi connectivity index (χ3v) is 4.66. The van der Waals surface area contributed by atoms with Gasteiger partial charge in [0.05, 0.1) is 19.2 Å². The Morgan fingerprint density at radius 3 is 2.35 bits per heavy atom. The third kappa shape index (κ3) is 3.60. The highest BCUT2D eigenvalue weighted by atomic mass is 35.5. The van der Waals surface area contributed by atoms with Crippen LogP contribution in [0.1, 0.15) is 23.0 Å². The van der Waals surface area contributed by atoms with Gasteiger partial charge in [-0.15, -0.1) is 0 Å². The van der Waals surface area contributed by atoms with Gasteiger partial charge in [0, 0.05) is 31.7 Å². The number of imidazole rings is 1. The van der Waals surface area contributed by atoms with Crippen molar-refractivity contribution in [2.45, 2.75) is 13.0 Å². The van der Waals surface area contributed by atoms with Crippen molar-refractivity contribution in [2.75, 3.05) is 19.5 Å². The van der Waals surface area contributed by atoms with Gasteiger partial charge in [0.25, 0.3) is 0 Å². The summed E-state index contributed by atoms with van der Waals surface area (Å²) in [6, 6.07) is 7.30. The minimum atomic E-state index is -0.286. The second kappa shape index (κ2) is 7.66. The fraction of sp³-hybridized carbons (Fsp3) is 0.263. The quantitative estimate of drug-likeness (QED) is 0.708. The first-order chi connectivity index (χ1) is 12.5. The van der Waals surface area contributed by atoms with Crippen molar-refractivity contribution in [2.24, 2.45) is 7.05 Å². The number of anilines is 1. The van der Waals surface area contributed by atoms with E-state index in [2.05, 4.69) is 15.3 Å². The van der Waals surface area contributed by atoms with Crippen LogP contribution in [0.25, 0.3) is 0 Å². The first-order valence-corrected chi connectivity index (χ1v) is 8.49. The first-order valence-electron chi connectivity index (χ1n) is 8.11. The van der Waals surface area contributed by atoms with Gasteiger partial charge < -0.3 is 19.4 Å². The van der Waals surface area contributed by atoms with Gasteiger partial charge in [0.2, 0.25) is 0 Å². The predicted molar refractivity (Wildman–Crippen MR) is 102 cm³/mol. The van der Waals surface area contributed by atoms with Crippen molar-refractivity contribution >= 4 is 17.4 Å². The van der Waals surface area contributed by atoms with E-state index in [-0.39, 0.29) is 6.04 Å². The average Bonchev–Trinajstić information content (AvgIpc) is 3.08. The average molecular weight is 373 g/mol. The van der Waals surface area contributed by atoms with Gasteiger partial charge >= 0.3 is 0 Å². The van der Waals surface area contributed by atoms with Gasteiger partial charge in [0.15, 0.2) is 0 Å². The van der Waals surface area contributed by atoms with Crippen molar-refractivity contribution in [1.82, 2.24) is 14.5 Å². The summed E-state index contributed by atoms with van der Waals surface area (Å²) in [5.74, 6) is 2.81. The molecule has 136 valence electrons. The van der Waals surface area contributed by atoms with E-state index in [9.17, 15) is 0 Å². The van der Waals surface area contributed by atoms with Gasteiger partial charge in [0.1, 0.15) is 29.2 Å². The summed E-state index contributed by atoms with van der Waals surface area (Å²) in [5, 5.41) is 4.00. The van der Waals surface area contributed by atoms with E-state index in [1.807, 2.05) is 49.0 Å². The van der Waals surface area contributed by atoms with Crippen LogP contribution < -0.4 is 14.8 Å². The van der Waals surface area contributed by atoms with Crippen molar-refractivity contribution in [3.63, 3.8) is 0 Å². The largest absolute Gasteiger partial charge is 0.497 e. The molecule has 6 nitrogen and oxygen atoms in total. The Morgan fingerprint density at radius 2 is 1.77 bits per heavy atom. The lowest BCUT2D eigenvalue weighted by atomic mass is 10.0. The SMILES string of the molecule is COc1cc(OC)cc([C@H](Nc2nccc(C)c2Cl)c2nccn2C)c1. The van der Waals surface area contributed by atoms with Crippen LogP contribution in [-0.2, 0) is 7.05 Å². The molecule has 0 fully saturated rings. The van der Waals surface area contributed by atoms with Gasteiger partial charge in [-0.05, 0) is 36.2 Å². The number of hydrogen-bond donors (Lipinski definition) is 1. The number of benzene rings is 1. The van der Waals surface area contributed by atoms with Crippen LogP contribution in [0.4, 0.5) is 5.82 Å². The summed E-state index contributed by atoms with van der Waals surface area (Å²) in [6.45, 7) is 1.94. The standard InChI is InChI=1S/C19H21ClN4O2/c1-12-5-6-21-18(16(12)20)23-17(19-22-7-8-24(19)2)13-9-14(25-3)11-15(10-13)26-4/h5-11,17H,1-4H3,(H,21,23)/t17-/m0/s1.